The van der Waals surface area contributed by atoms with Gasteiger partial charge in [0.25, 0.3) is 0 Å². The van der Waals surface area contributed by atoms with E-state index in [1.807, 2.05) is 19.9 Å². The van der Waals surface area contributed by atoms with Gasteiger partial charge in [0, 0.05) is 17.5 Å². The normalized spacial score (nSPS) is 20.3. The molecule has 0 spiro atoms. The molecule has 7 nitrogen and oxygen atoms in total. The van der Waals surface area contributed by atoms with Crippen molar-refractivity contribution in [3.63, 3.8) is 0 Å². The van der Waals surface area contributed by atoms with Crippen LogP contribution in [0.3, 0.4) is 0 Å². The van der Waals surface area contributed by atoms with Gasteiger partial charge in [0.05, 0.1) is 41.2 Å². The second kappa shape index (κ2) is 8.14. The Hall–Kier alpha value is -2.80. The fraction of sp³-hybridized carbons (Fsp3) is 0.478. The lowest BCUT2D eigenvalue weighted by Gasteiger charge is -2.35. The summed E-state index contributed by atoms with van der Waals surface area (Å²) in [6.07, 6.45) is 0.905. The van der Waals surface area contributed by atoms with Crippen molar-refractivity contribution in [1.82, 2.24) is 0 Å². The van der Waals surface area contributed by atoms with Crippen LogP contribution in [-0.4, -0.2) is 51.4 Å². The van der Waals surface area contributed by atoms with Crippen molar-refractivity contribution >= 4 is 0 Å². The molecule has 2 atom stereocenters. The van der Waals surface area contributed by atoms with Gasteiger partial charge in [-0.1, -0.05) is 6.92 Å². The summed E-state index contributed by atoms with van der Waals surface area (Å²) < 4.78 is 27.9. The SMILES string of the molecule is COc1cc2c(c(OC)c1O)-c1c(cc(OC)c(OC)c1OC)C[C@](C)(O)[C@@H](C)C2. The molecule has 0 saturated carbocycles. The minimum absolute atomic E-state index is 0.0811. The van der Waals surface area contributed by atoms with Gasteiger partial charge in [0.15, 0.2) is 23.0 Å². The maximum Gasteiger partial charge on any atom is 0.203 e. The summed E-state index contributed by atoms with van der Waals surface area (Å²) in [7, 11) is 7.63. The van der Waals surface area contributed by atoms with Crippen molar-refractivity contribution in [2.45, 2.75) is 32.3 Å². The van der Waals surface area contributed by atoms with E-state index >= 15 is 0 Å². The molecule has 0 aromatic heterocycles. The average Bonchev–Trinajstić information content (AvgIpc) is 2.72. The summed E-state index contributed by atoms with van der Waals surface area (Å²) in [5, 5.41) is 22.1. The highest BCUT2D eigenvalue weighted by Gasteiger charge is 2.37. The van der Waals surface area contributed by atoms with E-state index in [4.69, 9.17) is 23.7 Å². The maximum atomic E-state index is 11.3. The Balaban J connectivity index is 2.52. The van der Waals surface area contributed by atoms with E-state index in [2.05, 4.69) is 0 Å². The number of phenols is 1. The number of phenolic OH excluding ortho intramolecular Hbond substituents is 1. The third-order valence-electron chi connectivity index (χ3n) is 6.02. The van der Waals surface area contributed by atoms with Crippen LogP contribution >= 0.6 is 0 Å². The highest BCUT2D eigenvalue weighted by atomic mass is 16.5. The smallest absolute Gasteiger partial charge is 0.203 e. The topological polar surface area (TPSA) is 86.6 Å². The van der Waals surface area contributed by atoms with Gasteiger partial charge in [0.1, 0.15) is 0 Å². The molecule has 0 aliphatic heterocycles. The van der Waals surface area contributed by atoms with E-state index in [-0.39, 0.29) is 17.4 Å². The van der Waals surface area contributed by atoms with Gasteiger partial charge in [-0.25, -0.2) is 0 Å². The molecular weight excluding hydrogens is 388 g/mol. The predicted molar refractivity (Wildman–Crippen MR) is 113 cm³/mol. The number of rotatable bonds is 5. The molecule has 0 heterocycles. The highest BCUT2D eigenvalue weighted by Crippen LogP contribution is 2.55. The summed E-state index contributed by atoms with van der Waals surface area (Å²) in [4.78, 5) is 0. The molecule has 0 bridgehead atoms. The third-order valence-corrected chi connectivity index (χ3v) is 6.02. The van der Waals surface area contributed by atoms with Crippen LogP contribution in [0, 0.1) is 5.92 Å². The second-order valence-electron chi connectivity index (χ2n) is 7.81. The summed E-state index contributed by atoms with van der Waals surface area (Å²) in [6, 6.07) is 3.62. The number of methoxy groups -OCH3 is 5. The largest absolute Gasteiger partial charge is 0.502 e. The predicted octanol–water partition coefficient (Wildman–Crippen LogP) is 3.59. The summed E-state index contributed by atoms with van der Waals surface area (Å²) in [5.74, 6) is 1.78. The number of hydrogen-bond donors (Lipinski definition) is 2. The van der Waals surface area contributed by atoms with Crippen LogP contribution in [0.4, 0.5) is 0 Å². The van der Waals surface area contributed by atoms with Gasteiger partial charge in [-0.05, 0) is 42.5 Å². The zero-order valence-electron chi connectivity index (χ0n) is 18.6. The Morgan fingerprint density at radius 1 is 0.800 bits per heavy atom. The van der Waals surface area contributed by atoms with Gasteiger partial charge in [-0.2, -0.15) is 0 Å². The minimum atomic E-state index is -0.991. The molecule has 2 aromatic rings. The minimum Gasteiger partial charge on any atom is -0.502 e. The molecule has 0 fully saturated rings. The van der Waals surface area contributed by atoms with E-state index < -0.39 is 5.60 Å². The number of fused-ring (bicyclic) bond motifs is 3. The van der Waals surface area contributed by atoms with E-state index in [1.165, 1.54) is 21.3 Å². The van der Waals surface area contributed by atoms with Gasteiger partial charge in [-0.15, -0.1) is 0 Å². The summed E-state index contributed by atoms with van der Waals surface area (Å²) in [5.41, 5.74) is 2.04. The fourth-order valence-electron chi connectivity index (χ4n) is 4.19. The molecule has 7 heteroatoms. The molecule has 1 aliphatic rings. The molecule has 3 rings (SSSR count). The van der Waals surface area contributed by atoms with Crippen molar-refractivity contribution < 1.29 is 33.9 Å². The van der Waals surface area contributed by atoms with E-state index in [0.717, 1.165) is 11.1 Å². The fourth-order valence-corrected chi connectivity index (χ4v) is 4.19. The summed E-state index contributed by atoms with van der Waals surface area (Å²) in [6.45, 7) is 3.82. The Kier molecular flexibility index (Phi) is 5.94. The van der Waals surface area contributed by atoms with Gasteiger partial charge >= 0.3 is 0 Å². The van der Waals surface area contributed by atoms with E-state index in [9.17, 15) is 10.2 Å². The maximum absolute atomic E-state index is 11.3. The third kappa shape index (κ3) is 3.37. The van der Waals surface area contributed by atoms with Crippen LogP contribution in [0.2, 0.25) is 0 Å². The van der Waals surface area contributed by atoms with Gasteiger partial charge < -0.3 is 33.9 Å². The molecular formula is C23H30O7. The van der Waals surface area contributed by atoms with Gasteiger partial charge in [0.2, 0.25) is 11.5 Å². The number of benzene rings is 2. The van der Waals surface area contributed by atoms with Crippen LogP contribution < -0.4 is 23.7 Å². The molecule has 2 aromatic carbocycles. The standard InChI is InChI=1S/C23H30O7/c1-12-8-13-9-15(26-3)19(24)21(29-6)17(13)18-14(11-23(12,2)25)10-16(27-4)20(28-5)22(18)30-7/h9-10,12,24-25H,8,11H2,1-7H3/t12-,23-/m0/s1. The van der Waals surface area contributed by atoms with Gasteiger partial charge in [-0.3, -0.25) is 0 Å². The average molecular weight is 418 g/mol. The Morgan fingerprint density at radius 2 is 1.33 bits per heavy atom. The second-order valence-corrected chi connectivity index (χ2v) is 7.81. The summed E-state index contributed by atoms with van der Waals surface area (Å²) >= 11 is 0. The monoisotopic (exact) mass is 418 g/mol. The van der Waals surface area contributed by atoms with Crippen molar-refractivity contribution in [2.24, 2.45) is 5.92 Å². The first-order chi connectivity index (χ1) is 14.2. The molecule has 0 unspecified atom stereocenters. The quantitative estimate of drug-likeness (QED) is 0.767. The van der Waals surface area contributed by atoms with E-state index in [1.54, 1.807) is 20.3 Å². The van der Waals surface area contributed by atoms with Crippen LogP contribution in [0.25, 0.3) is 11.1 Å². The van der Waals surface area contributed by atoms with Crippen molar-refractivity contribution in [3.8, 4) is 45.6 Å². The molecule has 0 saturated heterocycles. The van der Waals surface area contributed by atoms with Crippen LogP contribution in [0.5, 0.6) is 34.5 Å². The first-order valence-corrected chi connectivity index (χ1v) is 9.75. The number of aromatic hydroxyl groups is 1. The highest BCUT2D eigenvalue weighted by molar-refractivity contribution is 5.88. The lowest BCUT2D eigenvalue weighted by atomic mass is 9.75. The zero-order chi connectivity index (χ0) is 22.2. The van der Waals surface area contributed by atoms with Crippen LogP contribution in [-0.2, 0) is 12.8 Å². The van der Waals surface area contributed by atoms with Crippen molar-refractivity contribution in [3.05, 3.63) is 23.3 Å². The zero-order valence-corrected chi connectivity index (χ0v) is 18.6. The first-order valence-electron chi connectivity index (χ1n) is 9.75. The molecule has 30 heavy (non-hydrogen) atoms. The Bertz CT molecular complexity index is 950. The first kappa shape index (κ1) is 21.9. The molecule has 1 aliphatic carbocycles. The number of aliphatic hydroxyl groups is 1. The lowest BCUT2D eigenvalue weighted by molar-refractivity contribution is 0.00628. The Morgan fingerprint density at radius 3 is 1.87 bits per heavy atom. The number of ether oxygens (including phenoxy) is 5. The molecule has 0 amide bonds. The Labute approximate surface area is 177 Å². The number of hydrogen-bond acceptors (Lipinski definition) is 7. The van der Waals surface area contributed by atoms with Crippen molar-refractivity contribution in [1.29, 1.82) is 0 Å². The molecule has 0 radical (unpaired) electrons. The molecule has 2 N–H and O–H groups in total. The van der Waals surface area contributed by atoms with E-state index in [0.29, 0.717) is 47.0 Å². The van der Waals surface area contributed by atoms with Crippen molar-refractivity contribution in [2.75, 3.05) is 35.5 Å². The molecule has 164 valence electrons. The van der Waals surface area contributed by atoms with Crippen LogP contribution in [0.1, 0.15) is 25.0 Å². The lowest BCUT2D eigenvalue weighted by Crippen LogP contribution is -2.37. The van der Waals surface area contributed by atoms with Crippen LogP contribution in [0.15, 0.2) is 12.1 Å².